The van der Waals surface area contributed by atoms with Crippen molar-refractivity contribution in [3.63, 3.8) is 0 Å². The number of nitrogens with two attached hydrogens (primary N) is 1. The standard InChI is InChI=1S/C28H34FN5O2/c1-17(36-4)7-10-20-14-25(34(18(20)2)15-19-8-9-19)27-31-24-13-21(12-23(29)26(24)32(27)3)28(35)33-11-5-6-22(30)16-33/h7,10,12-14,19,22H,2,5-6,8-9,11,15-16,30H2,1,3-4H3/b17-7+,20-10-. The second kappa shape index (κ2) is 9.58. The molecule has 2 fully saturated rings. The first-order valence-electron chi connectivity index (χ1n) is 12.6. The average Bonchev–Trinajstić information content (AvgIpc) is 3.55. The normalized spacial score (nSPS) is 19.4. The molecule has 1 aliphatic carbocycles. The molecule has 1 unspecified atom stereocenters. The predicted octanol–water partition coefficient (Wildman–Crippen LogP) is 2.90. The molecule has 7 nitrogen and oxygen atoms in total. The second-order valence-electron chi connectivity index (χ2n) is 10.1. The molecule has 1 saturated heterocycles. The van der Waals surface area contributed by atoms with Crippen molar-refractivity contribution >= 4 is 29.6 Å². The van der Waals surface area contributed by atoms with Gasteiger partial charge in [-0.1, -0.05) is 6.58 Å². The Hall–Kier alpha value is -3.39. The van der Waals surface area contributed by atoms with E-state index in [0.717, 1.165) is 41.4 Å². The summed E-state index contributed by atoms with van der Waals surface area (Å²) in [6, 6.07) is 5.03. The van der Waals surface area contributed by atoms with Crippen LogP contribution in [0.2, 0.25) is 0 Å². The van der Waals surface area contributed by atoms with Crippen LogP contribution in [0.25, 0.3) is 35.2 Å². The molecule has 8 heteroatoms. The van der Waals surface area contributed by atoms with Crippen LogP contribution in [0.4, 0.5) is 4.39 Å². The van der Waals surface area contributed by atoms with E-state index in [1.165, 1.54) is 18.9 Å². The second-order valence-corrected chi connectivity index (χ2v) is 10.1. The molecule has 2 aliphatic rings. The number of aromatic nitrogens is 3. The number of piperidine rings is 1. The van der Waals surface area contributed by atoms with Crippen molar-refractivity contribution in [1.82, 2.24) is 19.0 Å². The molecule has 2 N–H and O–H groups in total. The topological polar surface area (TPSA) is 78.3 Å². The van der Waals surface area contributed by atoms with E-state index in [1.54, 1.807) is 22.6 Å². The van der Waals surface area contributed by atoms with Gasteiger partial charge in [0.15, 0.2) is 5.82 Å². The number of rotatable bonds is 6. The number of benzene rings is 1. The number of allylic oxidation sites excluding steroid dienone is 2. The Kier molecular flexibility index (Phi) is 6.47. The third-order valence-electron chi connectivity index (χ3n) is 7.34. The zero-order valence-corrected chi connectivity index (χ0v) is 21.3. The summed E-state index contributed by atoms with van der Waals surface area (Å²) in [5.41, 5.74) is 8.08. The maximum absolute atomic E-state index is 15.4. The first kappa shape index (κ1) is 24.3. The molecule has 1 aromatic carbocycles. The number of methoxy groups -OCH3 is 1. The number of nitrogens with zero attached hydrogens (tertiary/aromatic N) is 4. The molecule has 3 aromatic rings. The number of aryl methyl sites for hydroxylation is 1. The lowest BCUT2D eigenvalue weighted by atomic mass is 10.0. The van der Waals surface area contributed by atoms with Gasteiger partial charge in [-0.15, -0.1) is 0 Å². The highest BCUT2D eigenvalue weighted by atomic mass is 19.1. The summed E-state index contributed by atoms with van der Waals surface area (Å²) in [5.74, 6) is 1.40. The summed E-state index contributed by atoms with van der Waals surface area (Å²) in [6.45, 7) is 8.20. The fourth-order valence-corrected chi connectivity index (χ4v) is 5.01. The van der Waals surface area contributed by atoms with Gasteiger partial charge in [0.25, 0.3) is 5.91 Å². The Bertz CT molecular complexity index is 1460. The molecule has 0 radical (unpaired) electrons. The number of halogens is 1. The lowest BCUT2D eigenvalue weighted by Crippen LogP contribution is -2.45. The number of imidazole rings is 1. The highest BCUT2D eigenvalue weighted by Crippen LogP contribution is 2.32. The summed E-state index contributed by atoms with van der Waals surface area (Å²) in [5, 5.41) is 1.86. The Labute approximate surface area is 210 Å². The largest absolute Gasteiger partial charge is 0.501 e. The van der Waals surface area contributed by atoms with Gasteiger partial charge in [-0.3, -0.25) is 4.79 Å². The number of carbonyl (C=O) groups excluding carboxylic acids is 1. The van der Waals surface area contributed by atoms with E-state index in [9.17, 15) is 4.79 Å². The lowest BCUT2D eigenvalue weighted by Gasteiger charge is -2.30. The summed E-state index contributed by atoms with van der Waals surface area (Å²) < 4.78 is 24.6. The zero-order chi connectivity index (χ0) is 25.6. The number of hydrogen-bond acceptors (Lipinski definition) is 4. The Morgan fingerprint density at radius 3 is 2.78 bits per heavy atom. The van der Waals surface area contributed by atoms with Crippen molar-refractivity contribution in [2.75, 3.05) is 20.2 Å². The molecular formula is C28H34FN5O2. The fourth-order valence-electron chi connectivity index (χ4n) is 5.01. The van der Waals surface area contributed by atoms with Crippen molar-refractivity contribution in [3.05, 3.63) is 52.0 Å². The smallest absolute Gasteiger partial charge is 0.254 e. The van der Waals surface area contributed by atoms with Gasteiger partial charge in [0, 0.05) is 43.6 Å². The van der Waals surface area contributed by atoms with Crippen LogP contribution in [0.3, 0.4) is 0 Å². The SMILES string of the molecule is C=c1/c(=C\C=C(/C)OC)cc(-c2nc3cc(C(=O)N4CCCC(N)C4)cc(F)c3n2C)n1CC1CC1. The molecule has 5 rings (SSSR count). The molecule has 1 aliphatic heterocycles. The van der Waals surface area contributed by atoms with Crippen LogP contribution < -0.4 is 16.3 Å². The lowest BCUT2D eigenvalue weighted by molar-refractivity contribution is 0.0708. The van der Waals surface area contributed by atoms with Crippen molar-refractivity contribution < 1.29 is 13.9 Å². The molecule has 3 heterocycles. The van der Waals surface area contributed by atoms with Crippen molar-refractivity contribution in [2.24, 2.45) is 18.7 Å². The van der Waals surface area contributed by atoms with Crippen LogP contribution in [0.15, 0.2) is 30.0 Å². The number of ether oxygens (including phenoxy) is 1. The molecule has 2 aromatic heterocycles. The highest BCUT2D eigenvalue weighted by Gasteiger charge is 2.27. The van der Waals surface area contributed by atoms with E-state index in [1.807, 2.05) is 32.2 Å². The molecular weight excluding hydrogens is 457 g/mol. The van der Waals surface area contributed by atoms with Crippen LogP contribution in [0.5, 0.6) is 0 Å². The van der Waals surface area contributed by atoms with E-state index in [4.69, 9.17) is 15.5 Å². The maximum atomic E-state index is 15.4. The van der Waals surface area contributed by atoms with E-state index in [-0.39, 0.29) is 11.9 Å². The minimum Gasteiger partial charge on any atom is -0.501 e. The molecule has 1 saturated carbocycles. The number of likely N-dealkylation sites (tertiary alicyclic amines) is 1. The summed E-state index contributed by atoms with van der Waals surface area (Å²) in [6.07, 6.45) is 8.04. The minimum atomic E-state index is -0.459. The quantitative estimate of drug-likeness (QED) is 0.538. The molecule has 190 valence electrons. The van der Waals surface area contributed by atoms with Gasteiger partial charge < -0.3 is 24.5 Å². The van der Waals surface area contributed by atoms with Crippen molar-refractivity contribution in [1.29, 1.82) is 0 Å². The van der Waals surface area contributed by atoms with Crippen LogP contribution >= 0.6 is 0 Å². The maximum Gasteiger partial charge on any atom is 0.254 e. The molecule has 36 heavy (non-hydrogen) atoms. The molecule has 1 amide bonds. The first-order chi connectivity index (χ1) is 17.3. The third kappa shape index (κ3) is 4.57. The summed E-state index contributed by atoms with van der Waals surface area (Å²) in [7, 11) is 3.45. The fraction of sp³-hybridized carbons (Fsp3) is 0.429. The van der Waals surface area contributed by atoms with Gasteiger partial charge in [0.1, 0.15) is 11.3 Å². The average molecular weight is 492 g/mol. The van der Waals surface area contributed by atoms with Gasteiger partial charge in [0.2, 0.25) is 0 Å². The number of amides is 1. The van der Waals surface area contributed by atoms with Gasteiger partial charge in [-0.25, -0.2) is 9.37 Å². The summed E-state index contributed by atoms with van der Waals surface area (Å²) >= 11 is 0. The third-order valence-corrected chi connectivity index (χ3v) is 7.34. The van der Waals surface area contributed by atoms with Gasteiger partial charge in [0.05, 0.1) is 24.1 Å². The number of hydrogen-bond donors (Lipinski definition) is 1. The van der Waals surface area contributed by atoms with Crippen LogP contribution in [0.1, 0.15) is 43.0 Å². The Balaban J connectivity index is 1.60. The predicted molar refractivity (Wildman–Crippen MR) is 140 cm³/mol. The van der Waals surface area contributed by atoms with Gasteiger partial charge in [-0.05, 0) is 74.1 Å². The monoisotopic (exact) mass is 491 g/mol. The molecule has 1 atom stereocenters. The summed E-state index contributed by atoms with van der Waals surface area (Å²) in [4.78, 5) is 19.7. The molecule has 0 spiro atoms. The Morgan fingerprint density at radius 1 is 1.31 bits per heavy atom. The minimum absolute atomic E-state index is 0.0395. The van der Waals surface area contributed by atoms with Gasteiger partial charge in [-0.2, -0.15) is 0 Å². The first-order valence-corrected chi connectivity index (χ1v) is 12.6. The number of fused-ring (bicyclic) bond motifs is 1. The zero-order valence-electron chi connectivity index (χ0n) is 21.3. The number of carbonyl (C=O) groups is 1. The van der Waals surface area contributed by atoms with E-state index in [2.05, 4.69) is 11.1 Å². The van der Waals surface area contributed by atoms with Crippen LogP contribution in [-0.2, 0) is 18.3 Å². The van der Waals surface area contributed by atoms with Gasteiger partial charge >= 0.3 is 0 Å². The Morgan fingerprint density at radius 2 is 2.08 bits per heavy atom. The van der Waals surface area contributed by atoms with E-state index < -0.39 is 5.82 Å². The van der Waals surface area contributed by atoms with Crippen molar-refractivity contribution in [3.8, 4) is 11.5 Å². The van der Waals surface area contributed by atoms with Crippen LogP contribution in [0, 0.1) is 11.7 Å². The van der Waals surface area contributed by atoms with E-state index in [0.29, 0.717) is 41.4 Å². The van der Waals surface area contributed by atoms with Crippen LogP contribution in [-0.4, -0.2) is 51.2 Å². The molecule has 0 bridgehead atoms. The van der Waals surface area contributed by atoms with Crippen molar-refractivity contribution in [2.45, 2.75) is 45.2 Å². The van der Waals surface area contributed by atoms with E-state index >= 15 is 4.39 Å². The highest BCUT2D eigenvalue weighted by molar-refractivity contribution is 5.98.